The van der Waals surface area contributed by atoms with E-state index in [-0.39, 0.29) is 18.3 Å². The maximum absolute atomic E-state index is 11.8. The minimum absolute atomic E-state index is 0.0341. The highest BCUT2D eigenvalue weighted by atomic mass is 16.6. The number of benzene rings is 1. The molecule has 0 fully saturated rings. The van der Waals surface area contributed by atoms with Crippen LogP contribution in [0.2, 0.25) is 0 Å². The van der Waals surface area contributed by atoms with Gasteiger partial charge in [0.05, 0.1) is 0 Å². The number of carbonyl (C=O) groups is 2. The minimum atomic E-state index is -0.484. The van der Waals surface area contributed by atoms with Crippen molar-refractivity contribution >= 4 is 22.7 Å². The van der Waals surface area contributed by atoms with E-state index in [9.17, 15) is 9.59 Å². The van der Waals surface area contributed by atoms with Gasteiger partial charge in [-0.25, -0.2) is 0 Å². The number of carbonyl (C=O) groups excluding carboxylic acids is 2. The second kappa shape index (κ2) is 5.12. The van der Waals surface area contributed by atoms with E-state index in [0.717, 1.165) is 10.9 Å². The van der Waals surface area contributed by atoms with Crippen LogP contribution in [0.5, 0.6) is 0 Å². The van der Waals surface area contributed by atoms with E-state index in [1.165, 1.54) is 0 Å². The van der Waals surface area contributed by atoms with Gasteiger partial charge in [-0.2, -0.15) is 0 Å². The Morgan fingerprint density at radius 3 is 2.50 bits per heavy atom. The van der Waals surface area contributed by atoms with E-state index in [0.29, 0.717) is 5.56 Å². The third-order valence-corrected chi connectivity index (χ3v) is 2.90. The maximum atomic E-state index is 11.8. The molecule has 0 aliphatic heterocycles. The normalized spacial score (nSPS) is 11.6. The van der Waals surface area contributed by atoms with Gasteiger partial charge >= 0.3 is 5.97 Å². The SMILES string of the molecule is CC(=O)c1ccc2c(ccn2CC(=O)OC(C)(C)C)c1. The summed E-state index contributed by atoms with van der Waals surface area (Å²) in [7, 11) is 0. The fourth-order valence-electron chi connectivity index (χ4n) is 2.07. The molecule has 0 aliphatic rings. The summed E-state index contributed by atoms with van der Waals surface area (Å²) in [5, 5.41) is 0.946. The summed E-state index contributed by atoms with van der Waals surface area (Å²) >= 11 is 0. The fraction of sp³-hybridized carbons (Fsp3) is 0.375. The van der Waals surface area contributed by atoms with E-state index < -0.39 is 5.60 Å². The molecule has 0 amide bonds. The molecular formula is C16H19NO3. The lowest BCUT2D eigenvalue weighted by Crippen LogP contribution is -2.26. The van der Waals surface area contributed by atoms with Gasteiger partial charge in [0.15, 0.2) is 5.78 Å². The molecule has 1 aromatic carbocycles. The third kappa shape index (κ3) is 3.26. The van der Waals surface area contributed by atoms with Crippen molar-refractivity contribution in [2.45, 2.75) is 39.8 Å². The number of rotatable bonds is 3. The topological polar surface area (TPSA) is 48.3 Å². The van der Waals surface area contributed by atoms with Crippen LogP contribution in [0.15, 0.2) is 30.5 Å². The monoisotopic (exact) mass is 273 g/mol. The predicted octanol–water partition coefficient (Wildman–Crippen LogP) is 3.19. The molecule has 4 heteroatoms. The Labute approximate surface area is 118 Å². The number of hydrogen-bond acceptors (Lipinski definition) is 3. The van der Waals surface area contributed by atoms with Crippen LogP contribution >= 0.6 is 0 Å². The van der Waals surface area contributed by atoms with Crippen molar-refractivity contribution in [3.05, 3.63) is 36.0 Å². The minimum Gasteiger partial charge on any atom is -0.459 e. The van der Waals surface area contributed by atoms with E-state index in [2.05, 4.69) is 0 Å². The van der Waals surface area contributed by atoms with Gasteiger partial charge in [-0.05, 0) is 52.0 Å². The largest absolute Gasteiger partial charge is 0.459 e. The molecule has 0 unspecified atom stereocenters. The molecule has 0 bridgehead atoms. The number of fused-ring (bicyclic) bond motifs is 1. The molecule has 0 saturated carbocycles. The zero-order valence-electron chi connectivity index (χ0n) is 12.3. The summed E-state index contributed by atoms with van der Waals surface area (Å²) in [4.78, 5) is 23.2. The lowest BCUT2D eigenvalue weighted by atomic mass is 10.1. The van der Waals surface area contributed by atoms with Gasteiger partial charge in [0.25, 0.3) is 0 Å². The quantitative estimate of drug-likeness (QED) is 0.637. The highest BCUT2D eigenvalue weighted by Crippen LogP contribution is 2.18. The molecule has 0 spiro atoms. The summed E-state index contributed by atoms with van der Waals surface area (Å²) in [6.45, 7) is 7.24. The molecule has 106 valence electrons. The molecule has 0 saturated heterocycles. The second-order valence-electron chi connectivity index (χ2n) is 5.86. The van der Waals surface area contributed by atoms with Crippen molar-refractivity contribution < 1.29 is 14.3 Å². The molecule has 0 aliphatic carbocycles. The zero-order chi connectivity index (χ0) is 14.9. The molecule has 2 rings (SSSR count). The molecule has 0 atom stereocenters. The van der Waals surface area contributed by atoms with Crippen molar-refractivity contribution in [1.82, 2.24) is 4.57 Å². The number of nitrogens with zero attached hydrogens (tertiary/aromatic N) is 1. The summed E-state index contributed by atoms with van der Waals surface area (Å²) in [5.74, 6) is -0.238. The van der Waals surface area contributed by atoms with E-state index in [1.54, 1.807) is 13.0 Å². The molecule has 0 N–H and O–H groups in total. The fourth-order valence-corrected chi connectivity index (χ4v) is 2.07. The number of hydrogen-bond donors (Lipinski definition) is 0. The van der Waals surface area contributed by atoms with Crippen molar-refractivity contribution in [2.24, 2.45) is 0 Å². The summed E-state index contributed by atoms with van der Waals surface area (Å²) in [5.41, 5.74) is 1.11. The first kappa shape index (κ1) is 14.3. The number of aromatic nitrogens is 1. The third-order valence-electron chi connectivity index (χ3n) is 2.90. The summed E-state index contributed by atoms with van der Waals surface area (Å²) in [6, 6.07) is 7.36. The van der Waals surface area contributed by atoms with Crippen LogP contribution in [0.1, 0.15) is 38.1 Å². The molecule has 20 heavy (non-hydrogen) atoms. The van der Waals surface area contributed by atoms with Gasteiger partial charge < -0.3 is 9.30 Å². The van der Waals surface area contributed by atoms with Crippen LogP contribution < -0.4 is 0 Å². The van der Waals surface area contributed by atoms with Crippen molar-refractivity contribution in [2.75, 3.05) is 0 Å². The zero-order valence-corrected chi connectivity index (χ0v) is 12.3. The van der Waals surface area contributed by atoms with Crippen molar-refractivity contribution in [3.63, 3.8) is 0 Å². The van der Waals surface area contributed by atoms with Gasteiger partial charge in [-0.1, -0.05) is 0 Å². The average molecular weight is 273 g/mol. The first-order chi connectivity index (χ1) is 9.26. The van der Waals surface area contributed by atoms with Crippen LogP contribution in [0.3, 0.4) is 0 Å². The van der Waals surface area contributed by atoms with E-state index in [4.69, 9.17) is 4.74 Å². The smallest absolute Gasteiger partial charge is 0.326 e. The Morgan fingerprint density at radius 2 is 1.90 bits per heavy atom. The molecule has 2 aromatic rings. The Balaban J connectivity index is 2.24. The summed E-state index contributed by atoms with van der Waals surface area (Å²) in [6.07, 6.45) is 1.83. The highest BCUT2D eigenvalue weighted by molar-refractivity contribution is 5.98. The number of Topliss-reactive ketones (excluding diaryl/α,β-unsaturated/α-hetero) is 1. The lowest BCUT2D eigenvalue weighted by molar-refractivity contribution is -0.155. The Morgan fingerprint density at radius 1 is 1.20 bits per heavy atom. The second-order valence-corrected chi connectivity index (χ2v) is 5.86. The maximum Gasteiger partial charge on any atom is 0.326 e. The molecule has 0 radical (unpaired) electrons. The van der Waals surface area contributed by atoms with Crippen LogP contribution in [0.4, 0.5) is 0 Å². The van der Waals surface area contributed by atoms with Gasteiger partial charge in [0, 0.05) is 22.7 Å². The number of ether oxygens (including phenoxy) is 1. The first-order valence-corrected chi connectivity index (χ1v) is 6.58. The van der Waals surface area contributed by atoms with Crippen LogP contribution in [-0.4, -0.2) is 21.9 Å². The Kier molecular flexibility index (Phi) is 3.66. The van der Waals surface area contributed by atoms with Gasteiger partial charge in [0.2, 0.25) is 0 Å². The van der Waals surface area contributed by atoms with E-state index >= 15 is 0 Å². The van der Waals surface area contributed by atoms with Gasteiger partial charge in [-0.3, -0.25) is 9.59 Å². The van der Waals surface area contributed by atoms with E-state index in [1.807, 2.05) is 49.7 Å². The highest BCUT2D eigenvalue weighted by Gasteiger charge is 2.17. The Bertz CT molecular complexity index is 662. The Hall–Kier alpha value is -2.10. The van der Waals surface area contributed by atoms with Crippen molar-refractivity contribution in [3.8, 4) is 0 Å². The molecular weight excluding hydrogens is 254 g/mol. The predicted molar refractivity (Wildman–Crippen MR) is 77.8 cm³/mol. The number of ketones is 1. The summed E-state index contributed by atoms with van der Waals surface area (Å²) < 4.78 is 7.13. The number of esters is 1. The van der Waals surface area contributed by atoms with Crippen LogP contribution in [0.25, 0.3) is 10.9 Å². The van der Waals surface area contributed by atoms with Crippen LogP contribution in [0, 0.1) is 0 Å². The van der Waals surface area contributed by atoms with Gasteiger partial charge in [-0.15, -0.1) is 0 Å². The molecule has 1 aromatic heterocycles. The average Bonchev–Trinajstić information content (AvgIpc) is 2.69. The molecule has 1 heterocycles. The first-order valence-electron chi connectivity index (χ1n) is 6.58. The van der Waals surface area contributed by atoms with Gasteiger partial charge in [0.1, 0.15) is 12.1 Å². The van der Waals surface area contributed by atoms with Crippen LogP contribution in [-0.2, 0) is 16.1 Å². The molecule has 4 nitrogen and oxygen atoms in total. The van der Waals surface area contributed by atoms with Crippen molar-refractivity contribution in [1.29, 1.82) is 0 Å². The lowest BCUT2D eigenvalue weighted by Gasteiger charge is -2.19. The standard InChI is InChI=1S/C16H19NO3/c1-11(18)12-5-6-14-13(9-12)7-8-17(14)10-15(19)20-16(2,3)4/h5-9H,10H2,1-4H3.